The summed E-state index contributed by atoms with van der Waals surface area (Å²) in [6.07, 6.45) is 1.04. The molecule has 0 aliphatic carbocycles. The maximum absolute atomic E-state index is 13.3. The fourth-order valence-electron chi connectivity index (χ4n) is 1.42. The molecule has 19 heavy (non-hydrogen) atoms. The quantitative estimate of drug-likeness (QED) is 0.881. The van der Waals surface area contributed by atoms with Crippen molar-refractivity contribution in [2.75, 3.05) is 11.9 Å². The Balaban J connectivity index is 1.91. The van der Waals surface area contributed by atoms with Gasteiger partial charge in [0.15, 0.2) is 5.01 Å². The SMILES string of the molecule is CCCNc1nnc(COc2ccc(C)c(F)c2)s1. The van der Waals surface area contributed by atoms with Gasteiger partial charge in [0.1, 0.15) is 18.2 Å². The summed E-state index contributed by atoms with van der Waals surface area (Å²) in [5, 5.41) is 12.7. The summed E-state index contributed by atoms with van der Waals surface area (Å²) in [6, 6.07) is 4.82. The average Bonchev–Trinajstić information content (AvgIpc) is 2.86. The molecule has 2 rings (SSSR count). The molecule has 6 heteroatoms. The topological polar surface area (TPSA) is 47.0 Å². The summed E-state index contributed by atoms with van der Waals surface area (Å²) in [6.45, 7) is 4.98. The molecule has 0 atom stereocenters. The molecular formula is C13H16FN3OS. The zero-order chi connectivity index (χ0) is 13.7. The average molecular weight is 281 g/mol. The van der Waals surface area contributed by atoms with E-state index in [1.807, 2.05) is 0 Å². The number of hydrogen-bond acceptors (Lipinski definition) is 5. The van der Waals surface area contributed by atoms with Crippen molar-refractivity contribution in [1.82, 2.24) is 10.2 Å². The van der Waals surface area contributed by atoms with Gasteiger partial charge in [-0.1, -0.05) is 24.3 Å². The number of aryl methyl sites for hydroxylation is 1. The van der Waals surface area contributed by atoms with Gasteiger partial charge < -0.3 is 10.1 Å². The van der Waals surface area contributed by atoms with Crippen LogP contribution in [-0.2, 0) is 6.61 Å². The van der Waals surface area contributed by atoms with Gasteiger partial charge in [0, 0.05) is 12.6 Å². The van der Waals surface area contributed by atoms with Crippen molar-refractivity contribution in [2.45, 2.75) is 26.9 Å². The molecule has 1 N–H and O–H groups in total. The molecule has 2 aromatic rings. The van der Waals surface area contributed by atoms with Crippen LogP contribution in [0.5, 0.6) is 5.75 Å². The Morgan fingerprint density at radius 3 is 2.95 bits per heavy atom. The van der Waals surface area contributed by atoms with Gasteiger partial charge in [0.2, 0.25) is 5.13 Å². The molecule has 0 fully saturated rings. The highest BCUT2D eigenvalue weighted by Gasteiger charge is 2.05. The first-order chi connectivity index (χ1) is 9.19. The van der Waals surface area contributed by atoms with E-state index in [0.29, 0.717) is 17.9 Å². The summed E-state index contributed by atoms with van der Waals surface area (Å²) in [5.74, 6) is 0.237. The van der Waals surface area contributed by atoms with Crippen molar-refractivity contribution in [3.8, 4) is 5.75 Å². The first kappa shape index (κ1) is 13.7. The third-order valence-electron chi connectivity index (χ3n) is 2.50. The summed E-state index contributed by atoms with van der Waals surface area (Å²) in [5.41, 5.74) is 0.606. The Hall–Kier alpha value is -1.69. The van der Waals surface area contributed by atoms with E-state index >= 15 is 0 Å². The summed E-state index contributed by atoms with van der Waals surface area (Å²) < 4.78 is 18.8. The number of benzene rings is 1. The van der Waals surface area contributed by atoms with Crippen LogP contribution >= 0.6 is 11.3 Å². The Morgan fingerprint density at radius 2 is 2.21 bits per heavy atom. The molecular weight excluding hydrogens is 265 g/mol. The van der Waals surface area contributed by atoms with E-state index in [2.05, 4.69) is 22.4 Å². The molecule has 102 valence electrons. The zero-order valence-corrected chi connectivity index (χ0v) is 11.8. The Labute approximate surface area is 115 Å². The van der Waals surface area contributed by atoms with Gasteiger partial charge in [-0.25, -0.2) is 4.39 Å². The monoisotopic (exact) mass is 281 g/mol. The smallest absolute Gasteiger partial charge is 0.205 e. The highest BCUT2D eigenvalue weighted by atomic mass is 32.1. The Morgan fingerprint density at radius 1 is 1.37 bits per heavy atom. The van der Waals surface area contributed by atoms with Crippen molar-refractivity contribution in [1.29, 1.82) is 0 Å². The second kappa shape index (κ2) is 6.47. The van der Waals surface area contributed by atoms with Crippen LogP contribution in [-0.4, -0.2) is 16.7 Å². The molecule has 0 amide bonds. The molecule has 0 bridgehead atoms. The number of nitrogens with zero attached hydrogens (tertiary/aromatic N) is 2. The van der Waals surface area contributed by atoms with E-state index in [1.54, 1.807) is 19.1 Å². The number of anilines is 1. The lowest BCUT2D eigenvalue weighted by Crippen LogP contribution is -1.98. The van der Waals surface area contributed by atoms with E-state index in [9.17, 15) is 4.39 Å². The van der Waals surface area contributed by atoms with Crippen LogP contribution in [0.2, 0.25) is 0 Å². The number of rotatable bonds is 6. The molecule has 0 aliphatic rings. The van der Waals surface area contributed by atoms with Crippen molar-refractivity contribution in [3.05, 3.63) is 34.6 Å². The number of hydrogen-bond donors (Lipinski definition) is 1. The second-order valence-corrected chi connectivity index (χ2v) is 5.19. The molecule has 0 saturated heterocycles. The van der Waals surface area contributed by atoms with Crippen LogP contribution in [0.3, 0.4) is 0 Å². The minimum absolute atomic E-state index is 0.264. The maximum Gasteiger partial charge on any atom is 0.205 e. The van der Waals surface area contributed by atoms with Crippen molar-refractivity contribution >= 4 is 16.5 Å². The molecule has 0 radical (unpaired) electrons. The van der Waals surface area contributed by atoms with Gasteiger partial charge in [-0.15, -0.1) is 10.2 Å². The lowest BCUT2D eigenvalue weighted by Gasteiger charge is -2.04. The predicted octanol–water partition coefficient (Wildman–Crippen LogP) is 3.39. The molecule has 1 aromatic heterocycles. The van der Waals surface area contributed by atoms with Gasteiger partial charge in [-0.05, 0) is 25.0 Å². The van der Waals surface area contributed by atoms with Crippen molar-refractivity contribution in [2.24, 2.45) is 0 Å². The molecule has 0 saturated carbocycles. The van der Waals surface area contributed by atoms with Crippen LogP contribution in [0.1, 0.15) is 23.9 Å². The van der Waals surface area contributed by atoms with E-state index in [0.717, 1.165) is 23.1 Å². The molecule has 0 unspecified atom stereocenters. The van der Waals surface area contributed by atoms with Crippen LogP contribution in [0.25, 0.3) is 0 Å². The maximum atomic E-state index is 13.3. The minimum Gasteiger partial charge on any atom is -0.486 e. The van der Waals surface area contributed by atoms with E-state index in [4.69, 9.17) is 4.74 Å². The third kappa shape index (κ3) is 3.89. The first-order valence-electron chi connectivity index (χ1n) is 6.14. The zero-order valence-electron chi connectivity index (χ0n) is 10.9. The molecule has 0 spiro atoms. The lowest BCUT2D eigenvalue weighted by molar-refractivity contribution is 0.303. The van der Waals surface area contributed by atoms with Crippen LogP contribution in [0.4, 0.5) is 9.52 Å². The van der Waals surface area contributed by atoms with Crippen molar-refractivity contribution in [3.63, 3.8) is 0 Å². The minimum atomic E-state index is -0.264. The number of nitrogens with one attached hydrogen (secondary N) is 1. The van der Waals surface area contributed by atoms with Crippen LogP contribution < -0.4 is 10.1 Å². The number of aromatic nitrogens is 2. The Bertz CT molecular complexity index is 544. The standard InChI is InChI=1S/C13H16FN3OS/c1-3-6-15-13-17-16-12(19-13)8-18-10-5-4-9(2)11(14)7-10/h4-5,7H,3,6,8H2,1-2H3,(H,15,17). The van der Waals surface area contributed by atoms with Crippen LogP contribution in [0, 0.1) is 12.7 Å². The normalized spacial score (nSPS) is 10.5. The van der Waals surface area contributed by atoms with Gasteiger partial charge in [0.05, 0.1) is 0 Å². The molecule has 1 aromatic carbocycles. The van der Waals surface area contributed by atoms with Crippen LogP contribution in [0.15, 0.2) is 18.2 Å². The van der Waals surface area contributed by atoms with Gasteiger partial charge in [-0.3, -0.25) is 0 Å². The highest BCUT2D eigenvalue weighted by molar-refractivity contribution is 7.15. The Kier molecular flexibility index (Phi) is 4.68. The number of ether oxygens (including phenoxy) is 1. The van der Waals surface area contributed by atoms with Gasteiger partial charge in [-0.2, -0.15) is 0 Å². The van der Waals surface area contributed by atoms with Crippen molar-refractivity contribution < 1.29 is 9.13 Å². The fraction of sp³-hybridized carbons (Fsp3) is 0.385. The highest BCUT2D eigenvalue weighted by Crippen LogP contribution is 2.20. The summed E-state index contributed by atoms with van der Waals surface area (Å²) in [7, 11) is 0. The summed E-state index contributed by atoms with van der Waals surface area (Å²) in [4.78, 5) is 0. The second-order valence-electron chi connectivity index (χ2n) is 4.13. The molecule has 1 heterocycles. The predicted molar refractivity (Wildman–Crippen MR) is 74.2 cm³/mol. The first-order valence-corrected chi connectivity index (χ1v) is 6.96. The molecule has 0 aliphatic heterocycles. The largest absolute Gasteiger partial charge is 0.486 e. The van der Waals surface area contributed by atoms with E-state index < -0.39 is 0 Å². The number of halogens is 1. The van der Waals surface area contributed by atoms with Gasteiger partial charge >= 0.3 is 0 Å². The lowest BCUT2D eigenvalue weighted by atomic mass is 10.2. The summed E-state index contributed by atoms with van der Waals surface area (Å²) >= 11 is 1.45. The third-order valence-corrected chi connectivity index (χ3v) is 3.35. The van der Waals surface area contributed by atoms with Gasteiger partial charge in [0.25, 0.3) is 0 Å². The van der Waals surface area contributed by atoms with E-state index in [-0.39, 0.29) is 5.82 Å². The van der Waals surface area contributed by atoms with E-state index in [1.165, 1.54) is 17.4 Å². The fourth-order valence-corrected chi connectivity index (χ4v) is 2.10. The molecule has 4 nitrogen and oxygen atoms in total.